The number of rotatable bonds is 5. The van der Waals surface area contributed by atoms with Crippen LogP contribution in [0.1, 0.15) is 28.8 Å². The molecule has 1 unspecified atom stereocenters. The molecule has 2 aliphatic rings. The third kappa shape index (κ3) is 4.06. The second-order valence-electron chi connectivity index (χ2n) is 7.33. The minimum Gasteiger partial charge on any atom is -0.458 e. The number of benzene rings is 2. The molecule has 0 aromatic heterocycles. The standard InChI is InChI=1S/C21H20N2O6/c24-20(15-6-8-17(9-7-15)23(26)27)29-19-11-18-10-16(19)12-22(18)21(25)28-13-14-4-2-1-3-5-14/h1-9,16,18-19H,10-13H2/t16-,18-,19?/m1/s1. The molecular formula is C21H20N2O6. The van der Waals surface area contributed by atoms with Gasteiger partial charge in [-0.15, -0.1) is 0 Å². The Morgan fingerprint density at radius 2 is 1.79 bits per heavy atom. The van der Waals surface area contributed by atoms with Gasteiger partial charge in [0, 0.05) is 37.1 Å². The average Bonchev–Trinajstić information content (AvgIpc) is 3.33. The van der Waals surface area contributed by atoms with Gasteiger partial charge in [0.25, 0.3) is 5.69 Å². The highest BCUT2D eigenvalue weighted by atomic mass is 16.6. The van der Waals surface area contributed by atoms with Crippen molar-refractivity contribution in [3.05, 3.63) is 75.8 Å². The molecule has 1 heterocycles. The van der Waals surface area contributed by atoms with Crippen LogP contribution < -0.4 is 0 Å². The van der Waals surface area contributed by atoms with Crippen molar-refractivity contribution in [2.24, 2.45) is 5.92 Å². The maximum atomic E-state index is 12.4. The van der Waals surface area contributed by atoms with Crippen molar-refractivity contribution in [1.82, 2.24) is 4.90 Å². The number of hydrogen-bond acceptors (Lipinski definition) is 6. The van der Waals surface area contributed by atoms with Gasteiger partial charge in [-0.25, -0.2) is 9.59 Å². The van der Waals surface area contributed by atoms with E-state index in [-0.39, 0.29) is 42.0 Å². The fraction of sp³-hybridized carbons (Fsp3) is 0.333. The Labute approximate surface area is 167 Å². The van der Waals surface area contributed by atoms with Crippen LogP contribution >= 0.6 is 0 Å². The Balaban J connectivity index is 1.29. The Morgan fingerprint density at radius 1 is 1.07 bits per heavy atom. The lowest BCUT2D eigenvalue weighted by molar-refractivity contribution is -0.384. The highest BCUT2D eigenvalue weighted by molar-refractivity contribution is 5.89. The molecule has 1 amide bonds. The maximum Gasteiger partial charge on any atom is 0.410 e. The highest BCUT2D eigenvalue weighted by Gasteiger charge is 2.48. The van der Waals surface area contributed by atoms with Gasteiger partial charge in [0.05, 0.1) is 10.5 Å². The third-order valence-electron chi connectivity index (χ3n) is 5.49. The van der Waals surface area contributed by atoms with Crippen molar-refractivity contribution in [1.29, 1.82) is 0 Å². The summed E-state index contributed by atoms with van der Waals surface area (Å²) in [6.45, 7) is 0.725. The number of amides is 1. The van der Waals surface area contributed by atoms with Crippen molar-refractivity contribution in [3.63, 3.8) is 0 Å². The fourth-order valence-electron chi connectivity index (χ4n) is 4.00. The minimum absolute atomic E-state index is 0.00191. The van der Waals surface area contributed by atoms with Crippen molar-refractivity contribution < 1.29 is 24.0 Å². The van der Waals surface area contributed by atoms with Gasteiger partial charge in [-0.1, -0.05) is 30.3 Å². The van der Waals surface area contributed by atoms with Crippen molar-refractivity contribution >= 4 is 17.7 Å². The lowest BCUT2D eigenvalue weighted by atomic mass is 10.1. The molecule has 4 rings (SSSR count). The topological polar surface area (TPSA) is 99.0 Å². The second kappa shape index (κ2) is 7.90. The zero-order valence-electron chi connectivity index (χ0n) is 15.6. The van der Waals surface area contributed by atoms with Crippen LogP contribution in [0.25, 0.3) is 0 Å². The smallest absolute Gasteiger partial charge is 0.410 e. The molecule has 1 saturated heterocycles. The number of ether oxygens (including phenoxy) is 2. The van der Waals surface area contributed by atoms with E-state index in [1.54, 1.807) is 4.90 Å². The molecular weight excluding hydrogens is 376 g/mol. The number of nitro groups is 1. The van der Waals surface area contributed by atoms with E-state index in [1.807, 2.05) is 30.3 Å². The molecule has 2 bridgehead atoms. The SMILES string of the molecule is O=C(OC1C[C@H]2C[C@@H]1CN2C(=O)OCc1ccccc1)c1ccc([N+](=O)[O-])cc1. The summed E-state index contributed by atoms with van der Waals surface area (Å²) in [5, 5.41) is 10.7. The van der Waals surface area contributed by atoms with Crippen LogP contribution in [0.4, 0.5) is 10.5 Å². The Kier molecular flexibility index (Phi) is 5.16. The van der Waals surface area contributed by atoms with Gasteiger partial charge in [0.1, 0.15) is 12.7 Å². The summed E-state index contributed by atoms with van der Waals surface area (Å²) in [6, 6.07) is 14.8. The normalized spacial score (nSPS) is 22.3. The van der Waals surface area contributed by atoms with Crippen LogP contribution in [-0.4, -0.2) is 40.6 Å². The number of piperidine rings is 1. The van der Waals surface area contributed by atoms with E-state index >= 15 is 0 Å². The monoisotopic (exact) mass is 396 g/mol. The molecule has 2 aromatic carbocycles. The lowest BCUT2D eigenvalue weighted by Crippen LogP contribution is -2.43. The predicted octanol–water partition coefficient (Wildman–Crippen LogP) is 3.55. The van der Waals surface area contributed by atoms with E-state index in [2.05, 4.69) is 0 Å². The van der Waals surface area contributed by atoms with Gasteiger partial charge < -0.3 is 14.4 Å². The van der Waals surface area contributed by atoms with Crippen molar-refractivity contribution in [3.8, 4) is 0 Å². The quantitative estimate of drug-likeness (QED) is 0.435. The molecule has 8 heteroatoms. The zero-order valence-corrected chi connectivity index (χ0v) is 15.6. The summed E-state index contributed by atoms with van der Waals surface area (Å²) in [5.41, 5.74) is 1.13. The zero-order chi connectivity index (χ0) is 20.4. The lowest BCUT2D eigenvalue weighted by Gasteiger charge is -2.30. The van der Waals surface area contributed by atoms with E-state index in [0.717, 1.165) is 12.0 Å². The molecule has 1 saturated carbocycles. The summed E-state index contributed by atoms with van der Waals surface area (Å²) in [5.74, 6) is -0.429. The third-order valence-corrected chi connectivity index (χ3v) is 5.49. The second-order valence-corrected chi connectivity index (χ2v) is 7.33. The van der Waals surface area contributed by atoms with E-state index in [0.29, 0.717) is 13.0 Å². The van der Waals surface area contributed by atoms with Crippen molar-refractivity contribution in [2.45, 2.75) is 31.6 Å². The van der Waals surface area contributed by atoms with Crippen LogP contribution in [0.5, 0.6) is 0 Å². The van der Waals surface area contributed by atoms with Crippen LogP contribution in [-0.2, 0) is 16.1 Å². The number of nitrogens with zero attached hydrogens (tertiary/aromatic N) is 2. The molecule has 8 nitrogen and oxygen atoms in total. The summed E-state index contributed by atoms with van der Waals surface area (Å²) >= 11 is 0. The molecule has 2 aromatic rings. The van der Waals surface area contributed by atoms with Gasteiger partial charge >= 0.3 is 12.1 Å². The summed E-state index contributed by atoms with van der Waals surface area (Å²) in [6.07, 6.45) is 0.741. The number of hydrogen-bond donors (Lipinski definition) is 0. The number of carbonyl (C=O) groups excluding carboxylic acids is 2. The average molecular weight is 396 g/mol. The Morgan fingerprint density at radius 3 is 2.41 bits per heavy atom. The molecule has 0 spiro atoms. The summed E-state index contributed by atoms with van der Waals surface area (Å²) < 4.78 is 11.0. The van der Waals surface area contributed by atoms with Gasteiger partial charge in [0.2, 0.25) is 0 Å². The first kappa shape index (κ1) is 18.9. The number of non-ortho nitro benzene ring substituents is 1. The number of fused-ring (bicyclic) bond motifs is 2. The molecule has 0 radical (unpaired) electrons. The number of carbonyl (C=O) groups is 2. The van der Waals surface area contributed by atoms with Crippen molar-refractivity contribution in [2.75, 3.05) is 6.54 Å². The molecule has 3 atom stereocenters. The van der Waals surface area contributed by atoms with Gasteiger partial charge in [-0.05, 0) is 24.1 Å². The summed E-state index contributed by atoms with van der Waals surface area (Å²) in [7, 11) is 0. The number of likely N-dealkylation sites (tertiary alicyclic amines) is 1. The van der Waals surface area contributed by atoms with E-state index in [9.17, 15) is 19.7 Å². The van der Waals surface area contributed by atoms with E-state index in [1.165, 1.54) is 24.3 Å². The summed E-state index contributed by atoms with van der Waals surface area (Å²) in [4.78, 5) is 36.6. The Bertz CT molecular complexity index is 915. The predicted molar refractivity (Wildman–Crippen MR) is 102 cm³/mol. The van der Waals surface area contributed by atoms with Crippen LogP contribution in [0, 0.1) is 16.0 Å². The Hall–Kier alpha value is -3.42. The number of esters is 1. The number of nitro benzene ring substituents is 1. The van der Waals surface area contributed by atoms with Crippen LogP contribution in [0.3, 0.4) is 0 Å². The van der Waals surface area contributed by atoms with Gasteiger partial charge in [-0.2, -0.15) is 0 Å². The largest absolute Gasteiger partial charge is 0.458 e. The van der Waals surface area contributed by atoms with E-state index in [4.69, 9.17) is 9.47 Å². The van der Waals surface area contributed by atoms with Crippen LogP contribution in [0.15, 0.2) is 54.6 Å². The van der Waals surface area contributed by atoms with Crippen LogP contribution in [0.2, 0.25) is 0 Å². The minimum atomic E-state index is -0.517. The molecule has 29 heavy (non-hydrogen) atoms. The first-order chi connectivity index (χ1) is 14.0. The molecule has 1 aliphatic carbocycles. The van der Waals surface area contributed by atoms with E-state index < -0.39 is 10.9 Å². The first-order valence-electron chi connectivity index (χ1n) is 9.44. The fourth-order valence-corrected chi connectivity index (χ4v) is 4.00. The first-order valence-corrected chi connectivity index (χ1v) is 9.44. The molecule has 150 valence electrons. The van der Waals surface area contributed by atoms with Gasteiger partial charge in [-0.3, -0.25) is 10.1 Å². The maximum absolute atomic E-state index is 12.4. The molecule has 2 fully saturated rings. The van der Waals surface area contributed by atoms with Gasteiger partial charge in [0.15, 0.2) is 0 Å². The highest BCUT2D eigenvalue weighted by Crippen LogP contribution is 2.40. The molecule has 1 aliphatic heterocycles. The molecule has 0 N–H and O–H groups in total.